The summed E-state index contributed by atoms with van der Waals surface area (Å²) < 4.78 is 4.67. The third-order valence-electron chi connectivity index (χ3n) is 3.40. The van der Waals surface area contributed by atoms with Crippen LogP contribution in [0.5, 0.6) is 0 Å². The first-order chi connectivity index (χ1) is 12.3. The van der Waals surface area contributed by atoms with Gasteiger partial charge in [-0.3, -0.25) is 4.79 Å². The Balaban J connectivity index is 2.23. The summed E-state index contributed by atoms with van der Waals surface area (Å²) in [6.07, 6.45) is 0. The summed E-state index contributed by atoms with van der Waals surface area (Å²) in [6, 6.07) is 6.07. The van der Waals surface area contributed by atoms with Gasteiger partial charge in [0.05, 0.1) is 23.4 Å². The fraction of sp³-hybridized carbons (Fsp3) is 0.333. The number of nitrogens with zero attached hydrogens (tertiary/aromatic N) is 2. The summed E-state index contributed by atoms with van der Waals surface area (Å²) in [5, 5.41) is 6.14. The average Bonchev–Trinajstić information content (AvgIpc) is 2.60. The Morgan fingerprint density at radius 3 is 2.62 bits per heavy atom. The predicted octanol–water partition coefficient (Wildman–Crippen LogP) is 3.55. The highest BCUT2D eigenvalue weighted by Crippen LogP contribution is 2.24. The number of rotatable bonds is 6. The van der Waals surface area contributed by atoms with Gasteiger partial charge in [-0.1, -0.05) is 25.4 Å². The summed E-state index contributed by atoms with van der Waals surface area (Å²) in [7, 11) is 1.28. The van der Waals surface area contributed by atoms with E-state index in [9.17, 15) is 9.59 Å². The Bertz CT molecular complexity index is 824. The molecule has 0 radical (unpaired) electrons. The van der Waals surface area contributed by atoms with Gasteiger partial charge in [0, 0.05) is 12.6 Å². The van der Waals surface area contributed by atoms with Crippen molar-refractivity contribution in [3.8, 4) is 0 Å². The van der Waals surface area contributed by atoms with E-state index in [1.807, 2.05) is 0 Å². The van der Waals surface area contributed by atoms with Crippen LogP contribution in [-0.2, 0) is 4.74 Å². The van der Waals surface area contributed by atoms with Crippen molar-refractivity contribution in [1.82, 2.24) is 9.97 Å². The average molecular weight is 377 g/mol. The molecule has 0 aliphatic rings. The lowest BCUT2D eigenvalue weighted by molar-refractivity contribution is 0.0600. The molecule has 0 bridgehead atoms. The fourth-order valence-electron chi connectivity index (χ4n) is 2.14. The molecular formula is C18H21ClN4O3. The smallest absolute Gasteiger partial charge is 0.337 e. The van der Waals surface area contributed by atoms with Crippen LogP contribution in [0.25, 0.3) is 0 Å². The second-order valence-electron chi connectivity index (χ2n) is 6.10. The molecule has 26 heavy (non-hydrogen) atoms. The fourth-order valence-corrected chi connectivity index (χ4v) is 2.30. The van der Waals surface area contributed by atoms with Crippen molar-refractivity contribution in [2.24, 2.45) is 5.92 Å². The number of aromatic nitrogens is 2. The Morgan fingerprint density at radius 1 is 1.23 bits per heavy atom. The quantitative estimate of drug-likeness (QED) is 0.749. The molecule has 1 amide bonds. The van der Waals surface area contributed by atoms with Crippen molar-refractivity contribution in [2.45, 2.75) is 20.8 Å². The van der Waals surface area contributed by atoms with Gasteiger partial charge in [-0.25, -0.2) is 14.8 Å². The van der Waals surface area contributed by atoms with Crippen molar-refractivity contribution in [2.75, 3.05) is 24.3 Å². The number of aryl methyl sites for hydroxylation is 1. The summed E-state index contributed by atoms with van der Waals surface area (Å²) >= 11 is 6.11. The molecular weight excluding hydrogens is 356 g/mol. The molecule has 0 saturated heterocycles. The third-order valence-corrected chi connectivity index (χ3v) is 3.73. The van der Waals surface area contributed by atoms with Crippen LogP contribution in [0.1, 0.15) is 40.5 Å². The van der Waals surface area contributed by atoms with E-state index in [0.717, 1.165) is 6.54 Å². The summed E-state index contributed by atoms with van der Waals surface area (Å²) in [4.78, 5) is 32.6. The van der Waals surface area contributed by atoms with Crippen molar-refractivity contribution in [3.05, 3.63) is 46.4 Å². The zero-order valence-electron chi connectivity index (χ0n) is 15.1. The molecule has 0 aliphatic heterocycles. The zero-order valence-corrected chi connectivity index (χ0v) is 15.8. The van der Waals surface area contributed by atoms with Crippen molar-refractivity contribution >= 4 is 35.0 Å². The largest absolute Gasteiger partial charge is 0.465 e. The van der Waals surface area contributed by atoms with E-state index in [-0.39, 0.29) is 11.3 Å². The highest BCUT2D eigenvalue weighted by Gasteiger charge is 2.15. The Kier molecular flexibility index (Phi) is 6.52. The van der Waals surface area contributed by atoms with E-state index in [1.165, 1.54) is 25.3 Å². The topological polar surface area (TPSA) is 93.2 Å². The highest BCUT2D eigenvalue weighted by molar-refractivity contribution is 6.34. The third kappa shape index (κ3) is 5.16. The van der Waals surface area contributed by atoms with Crippen molar-refractivity contribution in [1.29, 1.82) is 0 Å². The maximum Gasteiger partial charge on any atom is 0.337 e. The molecule has 0 unspecified atom stereocenters. The van der Waals surface area contributed by atoms with Gasteiger partial charge >= 0.3 is 5.97 Å². The van der Waals surface area contributed by atoms with E-state index in [2.05, 4.69) is 39.2 Å². The van der Waals surface area contributed by atoms with E-state index < -0.39 is 11.9 Å². The molecule has 1 aromatic carbocycles. The van der Waals surface area contributed by atoms with E-state index in [4.69, 9.17) is 11.6 Å². The molecule has 7 nitrogen and oxygen atoms in total. The van der Waals surface area contributed by atoms with Crippen molar-refractivity contribution < 1.29 is 14.3 Å². The van der Waals surface area contributed by atoms with E-state index in [0.29, 0.717) is 28.3 Å². The summed E-state index contributed by atoms with van der Waals surface area (Å²) in [5.74, 6) is 0.508. The van der Waals surface area contributed by atoms with Crippen LogP contribution < -0.4 is 10.6 Å². The molecule has 1 aromatic heterocycles. The van der Waals surface area contributed by atoms with Crippen LogP contribution in [0.4, 0.5) is 11.5 Å². The van der Waals surface area contributed by atoms with Crippen LogP contribution in [0, 0.1) is 12.8 Å². The lowest BCUT2D eigenvalue weighted by Gasteiger charge is -2.11. The van der Waals surface area contributed by atoms with Crippen LogP contribution in [-0.4, -0.2) is 35.5 Å². The van der Waals surface area contributed by atoms with Crippen LogP contribution in [0.2, 0.25) is 5.02 Å². The number of anilines is 2. The van der Waals surface area contributed by atoms with Gasteiger partial charge in [-0.15, -0.1) is 0 Å². The number of amides is 1. The summed E-state index contributed by atoms with van der Waals surface area (Å²) in [6.45, 7) is 6.59. The van der Waals surface area contributed by atoms with Gasteiger partial charge in [0.2, 0.25) is 0 Å². The molecule has 2 N–H and O–H groups in total. The van der Waals surface area contributed by atoms with Gasteiger partial charge in [-0.2, -0.15) is 0 Å². The minimum absolute atomic E-state index is 0.197. The minimum atomic E-state index is -0.518. The lowest BCUT2D eigenvalue weighted by Crippen LogP contribution is -2.17. The Morgan fingerprint density at radius 2 is 1.96 bits per heavy atom. The van der Waals surface area contributed by atoms with Crippen LogP contribution in [0.3, 0.4) is 0 Å². The second kappa shape index (κ2) is 8.62. The normalized spacial score (nSPS) is 10.5. The number of methoxy groups -OCH3 is 1. The van der Waals surface area contributed by atoms with Gasteiger partial charge in [0.15, 0.2) is 0 Å². The Labute approximate surface area is 157 Å². The number of carbonyl (C=O) groups is 2. The monoisotopic (exact) mass is 376 g/mol. The molecule has 0 fully saturated rings. The number of esters is 1. The maximum absolute atomic E-state index is 12.6. The lowest BCUT2D eigenvalue weighted by atomic mass is 10.2. The SMILES string of the molecule is COC(=O)c1ccc(Cl)c(NC(=O)c2cc(NCC(C)C)nc(C)n2)c1. The molecule has 1 heterocycles. The number of halogens is 1. The maximum atomic E-state index is 12.6. The molecule has 138 valence electrons. The molecule has 0 spiro atoms. The first-order valence-electron chi connectivity index (χ1n) is 8.09. The number of benzene rings is 1. The first kappa shape index (κ1) is 19.7. The van der Waals surface area contributed by atoms with Gasteiger partial charge in [0.25, 0.3) is 5.91 Å². The predicted molar refractivity (Wildman–Crippen MR) is 101 cm³/mol. The number of nitrogens with one attached hydrogen (secondary N) is 2. The van der Waals surface area contributed by atoms with E-state index in [1.54, 1.807) is 13.0 Å². The number of hydrogen-bond acceptors (Lipinski definition) is 6. The molecule has 2 aromatic rings. The Hall–Kier alpha value is -2.67. The van der Waals surface area contributed by atoms with Crippen molar-refractivity contribution in [3.63, 3.8) is 0 Å². The molecule has 8 heteroatoms. The summed E-state index contributed by atoms with van der Waals surface area (Å²) in [5.41, 5.74) is 0.779. The molecule has 2 rings (SSSR count). The van der Waals surface area contributed by atoms with Gasteiger partial charge in [-0.05, 0) is 31.0 Å². The minimum Gasteiger partial charge on any atom is -0.465 e. The van der Waals surface area contributed by atoms with Gasteiger partial charge < -0.3 is 15.4 Å². The zero-order chi connectivity index (χ0) is 19.3. The second-order valence-corrected chi connectivity index (χ2v) is 6.51. The molecule has 0 aliphatic carbocycles. The van der Waals surface area contributed by atoms with Crippen LogP contribution in [0.15, 0.2) is 24.3 Å². The van der Waals surface area contributed by atoms with E-state index >= 15 is 0 Å². The van der Waals surface area contributed by atoms with Gasteiger partial charge in [0.1, 0.15) is 17.3 Å². The number of carbonyl (C=O) groups excluding carboxylic acids is 2. The highest BCUT2D eigenvalue weighted by atomic mass is 35.5. The first-order valence-corrected chi connectivity index (χ1v) is 8.46. The van der Waals surface area contributed by atoms with Crippen LogP contribution >= 0.6 is 11.6 Å². The number of ether oxygens (including phenoxy) is 1. The number of hydrogen-bond donors (Lipinski definition) is 2. The standard InChI is InChI=1S/C18H21ClN4O3/c1-10(2)9-20-16-8-15(21-11(3)22-16)17(24)23-14-7-12(18(25)26-4)5-6-13(14)19/h5-8,10H,9H2,1-4H3,(H,23,24)(H,20,21,22). The molecule has 0 saturated carbocycles. The molecule has 0 atom stereocenters.